The maximum absolute atomic E-state index is 2.44. The Morgan fingerprint density at radius 1 is 0.444 bits per heavy atom. The third-order valence-corrected chi connectivity index (χ3v) is 14.5. The number of fused-ring (bicyclic) bond motifs is 13. The average Bonchev–Trinajstić information content (AvgIpc) is 3.81. The lowest BCUT2D eigenvalue weighted by atomic mass is 9.77. The van der Waals surface area contributed by atoms with Crippen molar-refractivity contribution < 1.29 is 0 Å². The van der Waals surface area contributed by atoms with Gasteiger partial charge < -0.3 is 0 Å². The van der Waals surface area contributed by atoms with E-state index < -0.39 is 0 Å². The molecular weight excluding hydrogens is 689 g/mol. The lowest BCUT2D eigenvalue weighted by molar-refractivity contribution is 0.573. The molecule has 0 fully saturated rings. The van der Waals surface area contributed by atoms with Gasteiger partial charge in [0, 0.05) is 51.1 Å². The van der Waals surface area contributed by atoms with Crippen molar-refractivity contribution in [2.45, 2.75) is 19.3 Å². The molecule has 254 valence electrons. The zero-order valence-electron chi connectivity index (χ0n) is 29.6. The Morgan fingerprint density at radius 3 is 1.74 bits per heavy atom. The normalized spacial score (nSPS) is 15.9. The van der Waals surface area contributed by atoms with Crippen molar-refractivity contribution in [1.82, 2.24) is 0 Å². The number of rotatable bonds is 3. The molecule has 0 bridgehead atoms. The molecular formula is C52H34S2. The second-order valence-electron chi connectivity index (χ2n) is 15.0. The summed E-state index contributed by atoms with van der Waals surface area (Å²) in [7, 11) is 0. The number of hydrogen-bond acceptors (Lipinski definition) is 2. The smallest absolute Gasteiger partial charge is 0.0441 e. The Balaban J connectivity index is 1.05. The van der Waals surface area contributed by atoms with Gasteiger partial charge in [0.2, 0.25) is 0 Å². The quantitative estimate of drug-likeness (QED) is 0.159. The zero-order chi connectivity index (χ0) is 35.3. The van der Waals surface area contributed by atoms with Crippen molar-refractivity contribution in [3.8, 4) is 22.3 Å². The van der Waals surface area contributed by atoms with Gasteiger partial charge >= 0.3 is 0 Å². The van der Waals surface area contributed by atoms with E-state index in [9.17, 15) is 0 Å². The van der Waals surface area contributed by atoms with Crippen LogP contribution in [0.25, 0.3) is 100 Å². The highest BCUT2D eigenvalue weighted by atomic mass is 32.1. The van der Waals surface area contributed by atoms with Crippen LogP contribution in [0.4, 0.5) is 0 Å². The molecule has 0 amide bonds. The van der Waals surface area contributed by atoms with Gasteiger partial charge in [0.25, 0.3) is 0 Å². The van der Waals surface area contributed by atoms with Crippen molar-refractivity contribution in [3.05, 3.63) is 175 Å². The van der Waals surface area contributed by atoms with Gasteiger partial charge in [-0.3, -0.25) is 0 Å². The topological polar surface area (TPSA) is 0 Å². The first-order valence-corrected chi connectivity index (χ1v) is 20.7. The number of hydrogen-bond donors (Lipinski definition) is 0. The Kier molecular flexibility index (Phi) is 6.72. The molecule has 0 saturated heterocycles. The van der Waals surface area contributed by atoms with Crippen molar-refractivity contribution >= 4 is 101 Å². The van der Waals surface area contributed by atoms with Crippen LogP contribution in [0.5, 0.6) is 0 Å². The third-order valence-electron chi connectivity index (χ3n) is 12.1. The van der Waals surface area contributed by atoms with Gasteiger partial charge in [0.1, 0.15) is 0 Å². The molecule has 1 unspecified atom stereocenters. The fraction of sp³-hybridized carbons (Fsp3) is 0.0769. The molecule has 2 aliphatic carbocycles. The SMILES string of the molecule is C1=CC2=CC=C(c3c4ccccc4c(-c4cccc(-c5ccc6c(c5)sc5c7ccccc7c7sc8ccccc8c7c65)c4)c4ccccc34)CC2CC1. The minimum Gasteiger partial charge on any atom is -0.135 e. The summed E-state index contributed by atoms with van der Waals surface area (Å²) in [5.74, 6) is 0.608. The first-order chi connectivity index (χ1) is 26.8. The van der Waals surface area contributed by atoms with Crippen LogP contribution in [0.3, 0.4) is 0 Å². The summed E-state index contributed by atoms with van der Waals surface area (Å²) in [6.45, 7) is 0. The van der Waals surface area contributed by atoms with E-state index in [2.05, 4.69) is 164 Å². The maximum Gasteiger partial charge on any atom is 0.0441 e. The largest absolute Gasteiger partial charge is 0.135 e. The summed E-state index contributed by atoms with van der Waals surface area (Å²) in [6, 6.07) is 52.6. The minimum atomic E-state index is 0.608. The van der Waals surface area contributed by atoms with E-state index in [0.717, 1.165) is 6.42 Å². The van der Waals surface area contributed by atoms with E-state index in [0.29, 0.717) is 5.92 Å². The van der Waals surface area contributed by atoms with Crippen LogP contribution in [0.2, 0.25) is 0 Å². The molecule has 54 heavy (non-hydrogen) atoms. The molecule has 2 aliphatic rings. The molecule has 0 nitrogen and oxygen atoms in total. The fourth-order valence-electron chi connectivity index (χ4n) is 9.66. The standard InChI is InChI=1S/C52H34S2/c1-2-13-32-28-36(25-24-31(32)12-1)48-39-18-5-3-16-37(39)47(38-17-4-6-19-40(38)48)35-15-11-14-33(29-35)34-26-27-44-46(30-34)54-52-42-21-8-7-20-41(42)51-49(50(44)52)43-22-9-10-23-45(43)53-51/h1,3-12,14-27,29-30,32H,2,13,28H2. The third kappa shape index (κ3) is 4.48. The lowest BCUT2D eigenvalue weighted by Gasteiger charge is -2.27. The van der Waals surface area contributed by atoms with E-state index in [-0.39, 0.29) is 0 Å². The predicted octanol–water partition coefficient (Wildman–Crippen LogP) is 15.9. The highest BCUT2D eigenvalue weighted by Crippen LogP contribution is 2.50. The van der Waals surface area contributed by atoms with E-state index in [1.807, 2.05) is 22.7 Å². The van der Waals surface area contributed by atoms with Gasteiger partial charge in [0.15, 0.2) is 0 Å². The highest BCUT2D eigenvalue weighted by molar-refractivity contribution is 7.29. The summed E-state index contributed by atoms with van der Waals surface area (Å²) in [4.78, 5) is 0. The Morgan fingerprint density at radius 2 is 1.02 bits per heavy atom. The molecule has 1 atom stereocenters. The van der Waals surface area contributed by atoms with Crippen LogP contribution >= 0.6 is 22.7 Å². The molecule has 0 aliphatic heterocycles. The van der Waals surface area contributed by atoms with Crippen LogP contribution in [-0.4, -0.2) is 0 Å². The molecule has 2 heteroatoms. The van der Waals surface area contributed by atoms with Crippen LogP contribution in [-0.2, 0) is 0 Å². The number of thiophene rings is 2. The Bertz CT molecular complexity index is 3250. The second-order valence-corrected chi connectivity index (χ2v) is 17.1. The van der Waals surface area contributed by atoms with E-state index in [1.165, 1.54) is 124 Å². The number of benzene rings is 8. The van der Waals surface area contributed by atoms with Gasteiger partial charge in [-0.25, -0.2) is 0 Å². The average molecular weight is 723 g/mol. The first kappa shape index (κ1) is 30.6. The van der Waals surface area contributed by atoms with Crippen LogP contribution in [0.15, 0.2) is 169 Å². The molecule has 0 spiro atoms. The molecule has 0 radical (unpaired) electrons. The van der Waals surface area contributed by atoms with Gasteiger partial charge in [-0.1, -0.05) is 146 Å². The molecule has 12 rings (SSSR count). The fourth-order valence-corrected chi connectivity index (χ4v) is 12.2. The minimum absolute atomic E-state index is 0.608. The first-order valence-electron chi connectivity index (χ1n) is 19.1. The lowest BCUT2D eigenvalue weighted by Crippen LogP contribution is -2.10. The molecule has 0 N–H and O–H groups in total. The van der Waals surface area contributed by atoms with Crippen molar-refractivity contribution in [2.75, 3.05) is 0 Å². The van der Waals surface area contributed by atoms with Crippen LogP contribution < -0.4 is 0 Å². The van der Waals surface area contributed by atoms with E-state index in [1.54, 1.807) is 0 Å². The van der Waals surface area contributed by atoms with Gasteiger partial charge in [0.05, 0.1) is 0 Å². The summed E-state index contributed by atoms with van der Waals surface area (Å²) in [5.41, 5.74) is 9.44. The zero-order valence-corrected chi connectivity index (χ0v) is 31.2. The van der Waals surface area contributed by atoms with Crippen LogP contribution in [0, 0.1) is 5.92 Å². The Labute approximate surface area is 321 Å². The summed E-state index contributed by atoms with van der Waals surface area (Å²) >= 11 is 3.87. The van der Waals surface area contributed by atoms with Crippen molar-refractivity contribution in [1.29, 1.82) is 0 Å². The summed E-state index contributed by atoms with van der Waals surface area (Å²) < 4.78 is 5.48. The molecule has 0 saturated carbocycles. The molecule has 8 aromatic carbocycles. The molecule has 2 heterocycles. The molecule has 2 aromatic heterocycles. The number of allylic oxidation sites excluding steroid dienone is 6. The van der Waals surface area contributed by atoms with Crippen molar-refractivity contribution in [2.24, 2.45) is 5.92 Å². The monoisotopic (exact) mass is 722 g/mol. The second kappa shape index (κ2) is 11.9. The van der Waals surface area contributed by atoms with E-state index >= 15 is 0 Å². The summed E-state index contributed by atoms with van der Waals surface area (Å²) in [6.07, 6.45) is 13.0. The Hall–Kier alpha value is -5.80. The van der Waals surface area contributed by atoms with Gasteiger partial charge in [-0.2, -0.15) is 0 Å². The van der Waals surface area contributed by atoms with E-state index in [4.69, 9.17) is 0 Å². The summed E-state index contributed by atoms with van der Waals surface area (Å²) in [5, 5.41) is 13.6. The maximum atomic E-state index is 2.44. The highest BCUT2D eigenvalue weighted by Gasteiger charge is 2.24. The van der Waals surface area contributed by atoms with Gasteiger partial charge in [-0.05, 0) is 104 Å². The van der Waals surface area contributed by atoms with Crippen molar-refractivity contribution in [3.63, 3.8) is 0 Å². The van der Waals surface area contributed by atoms with Crippen LogP contribution in [0.1, 0.15) is 24.8 Å². The van der Waals surface area contributed by atoms with Gasteiger partial charge in [-0.15, -0.1) is 22.7 Å². The predicted molar refractivity (Wildman–Crippen MR) is 238 cm³/mol. The molecule has 10 aromatic rings.